The smallest absolute Gasteiger partial charge is 0.311 e. The van der Waals surface area contributed by atoms with E-state index in [0.717, 1.165) is 16.4 Å². The fraction of sp³-hybridized carbons (Fsp3) is 0.462. The monoisotopic (exact) mass is 335 g/mol. The zero-order valence-corrected chi connectivity index (χ0v) is 12.9. The number of halogens is 2. The van der Waals surface area contributed by atoms with E-state index in [1.165, 1.54) is 6.07 Å². The molecule has 1 saturated heterocycles. The van der Waals surface area contributed by atoms with Gasteiger partial charge in [-0.2, -0.15) is 4.31 Å². The molecule has 0 bridgehead atoms. The van der Waals surface area contributed by atoms with E-state index in [9.17, 15) is 22.7 Å². The third-order valence-corrected chi connectivity index (χ3v) is 6.29. The SMILES string of the molecule is CCC1(C(=O)O)CCN(S(=O)(=O)c2cc(F)ccc2Cl)C1. The predicted molar refractivity (Wildman–Crippen MR) is 75.1 cm³/mol. The fourth-order valence-electron chi connectivity index (χ4n) is 2.47. The molecule has 1 aromatic carbocycles. The highest BCUT2D eigenvalue weighted by Gasteiger charge is 2.47. The quantitative estimate of drug-likeness (QED) is 0.916. The summed E-state index contributed by atoms with van der Waals surface area (Å²) in [5.74, 6) is -1.73. The van der Waals surface area contributed by atoms with E-state index >= 15 is 0 Å². The highest BCUT2D eigenvalue weighted by molar-refractivity contribution is 7.89. The zero-order chi connectivity index (χ0) is 15.8. The number of benzene rings is 1. The molecule has 1 fully saturated rings. The average molecular weight is 336 g/mol. The average Bonchev–Trinajstić information content (AvgIpc) is 2.88. The Balaban J connectivity index is 2.38. The van der Waals surface area contributed by atoms with Crippen molar-refractivity contribution < 1.29 is 22.7 Å². The summed E-state index contributed by atoms with van der Waals surface area (Å²) in [6, 6.07) is 3.09. The highest BCUT2D eigenvalue weighted by atomic mass is 35.5. The first-order valence-electron chi connectivity index (χ1n) is 6.41. The lowest BCUT2D eigenvalue weighted by molar-refractivity contribution is -0.148. The van der Waals surface area contributed by atoms with Crippen LogP contribution in [-0.4, -0.2) is 36.9 Å². The van der Waals surface area contributed by atoms with Crippen molar-refractivity contribution in [3.8, 4) is 0 Å². The highest BCUT2D eigenvalue weighted by Crippen LogP contribution is 2.38. The van der Waals surface area contributed by atoms with Gasteiger partial charge in [0.2, 0.25) is 10.0 Å². The van der Waals surface area contributed by atoms with E-state index in [1.54, 1.807) is 6.92 Å². The molecule has 1 atom stereocenters. The summed E-state index contributed by atoms with van der Waals surface area (Å²) in [4.78, 5) is 11.0. The molecular weight excluding hydrogens is 321 g/mol. The maximum atomic E-state index is 13.3. The summed E-state index contributed by atoms with van der Waals surface area (Å²) in [6.45, 7) is 1.66. The first-order chi connectivity index (χ1) is 9.73. The number of carboxylic acids is 1. The number of rotatable bonds is 4. The first-order valence-corrected chi connectivity index (χ1v) is 8.23. The third-order valence-electron chi connectivity index (χ3n) is 3.96. The molecule has 0 aromatic heterocycles. The Bertz CT molecular complexity index is 679. The van der Waals surface area contributed by atoms with Gasteiger partial charge in [0.1, 0.15) is 10.7 Å². The van der Waals surface area contributed by atoms with Crippen molar-refractivity contribution >= 4 is 27.6 Å². The Morgan fingerprint density at radius 2 is 2.19 bits per heavy atom. The fourth-order valence-corrected chi connectivity index (χ4v) is 4.48. The molecule has 2 rings (SSSR count). The van der Waals surface area contributed by atoms with E-state index in [-0.39, 0.29) is 29.4 Å². The molecule has 0 aliphatic carbocycles. The summed E-state index contributed by atoms with van der Waals surface area (Å²) in [5, 5.41) is 9.23. The molecule has 1 unspecified atom stereocenters. The topological polar surface area (TPSA) is 74.7 Å². The molecule has 0 amide bonds. The van der Waals surface area contributed by atoms with Gasteiger partial charge in [-0.05, 0) is 31.0 Å². The van der Waals surface area contributed by atoms with Crippen molar-refractivity contribution in [1.29, 1.82) is 0 Å². The second kappa shape index (κ2) is 5.55. The zero-order valence-electron chi connectivity index (χ0n) is 11.3. The maximum Gasteiger partial charge on any atom is 0.311 e. The van der Waals surface area contributed by atoms with E-state index in [1.807, 2.05) is 0 Å². The Kier molecular flexibility index (Phi) is 4.28. The lowest BCUT2D eigenvalue weighted by Gasteiger charge is -2.23. The molecule has 1 heterocycles. The van der Waals surface area contributed by atoms with Gasteiger partial charge in [-0.15, -0.1) is 0 Å². The van der Waals surface area contributed by atoms with Gasteiger partial charge in [-0.25, -0.2) is 12.8 Å². The van der Waals surface area contributed by atoms with Crippen LogP contribution in [0.2, 0.25) is 5.02 Å². The van der Waals surface area contributed by atoms with Crippen molar-refractivity contribution in [2.45, 2.75) is 24.7 Å². The van der Waals surface area contributed by atoms with Gasteiger partial charge in [0, 0.05) is 13.1 Å². The van der Waals surface area contributed by atoms with Crippen LogP contribution in [0.4, 0.5) is 4.39 Å². The van der Waals surface area contributed by atoms with Gasteiger partial charge in [-0.1, -0.05) is 18.5 Å². The number of carboxylic acid groups (broad SMARTS) is 1. The van der Waals surface area contributed by atoms with Crippen molar-refractivity contribution in [2.75, 3.05) is 13.1 Å². The number of carbonyl (C=O) groups is 1. The molecule has 0 saturated carbocycles. The lowest BCUT2D eigenvalue weighted by Crippen LogP contribution is -2.36. The third kappa shape index (κ3) is 2.77. The molecule has 0 radical (unpaired) electrons. The minimum atomic E-state index is -4.01. The Hall–Kier alpha value is -1.18. The van der Waals surface area contributed by atoms with Crippen molar-refractivity contribution in [2.24, 2.45) is 5.41 Å². The maximum absolute atomic E-state index is 13.3. The lowest BCUT2D eigenvalue weighted by atomic mass is 9.85. The van der Waals surface area contributed by atoms with E-state index in [0.29, 0.717) is 6.42 Å². The summed E-state index contributed by atoms with van der Waals surface area (Å²) >= 11 is 5.84. The number of aliphatic carboxylic acids is 1. The largest absolute Gasteiger partial charge is 0.481 e. The number of nitrogens with zero attached hydrogens (tertiary/aromatic N) is 1. The van der Waals surface area contributed by atoms with Crippen LogP contribution in [-0.2, 0) is 14.8 Å². The normalized spacial score (nSPS) is 23.4. The molecule has 1 N–H and O–H groups in total. The molecule has 5 nitrogen and oxygen atoms in total. The number of sulfonamides is 1. The Labute approximate surface area is 127 Å². The summed E-state index contributed by atoms with van der Waals surface area (Å²) in [5.41, 5.74) is -1.09. The van der Waals surface area contributed by atoms with Crippen LogP contribution in [0, 0.1) is 11.2 Å². The minimum Gasteiger partial charge on any atom is -0.481 e. The Morgan fingerprint density at radius 3 is 2.71 bits per heavy atom. The van der Waals surface area contributed by atoms with Crippen LogP contribution < -0.4 is 0 Å². The molecule has 1 aromatic rings. The van der Waals surface area contributed by atoms with Gasteiger partial charge in [0.15, 0.2) is 0 Å². The van der Waals surface area contributed by atoms with Crippen molar-refractivity contribution in [3.05, 3.63) is 29.0 Å². The standard InChI is InChI=1S/C13H15ClFNO4S/c1-2-13(12(17)18)5-6-16(8-13)21(19,20)11-7-9(15)3-4-10(11)14/h3-4,7H,2,5-6,8H2,1H3,(H,17,18). The minimum absolute atomic E-state index is 0.0787. The Morgan fingerprint density at radius 1 is 1.52 bits per heavy atom. The van der Waals surface area contributed by atoms with Crippen LogP contribution in [0.15, 0.2) is 23.1 Å². The van der Waals surface area contributed by atoms with Crippen LogP contribution in [0.1, 0.15) is 19.8 Å². The van der Waals surface area contributed by atoms with Crippen molar-refractivity contribution in [1.82, 2.24) is 4.31 Å². The molecule has 1 aliphatic rings. The van der Waals surface area contributed by atoms with Gasteiger partial charge >= 0.3 is 5.97 Å². The van der Waals surface area contributed by atoms with Crippen LogP contribution in [0.5, 0.6) is 0 Å². The molecular formula is C13H15ClFNO4S. The van der Waals surface area contributed by atoms with Crippen LogP contribution >= 0.6 is 11.6 Å². The first kappa shape index (κ1) is 16.2. The predicted octanol–water partition coefficient (Wildman–Crippen LogP) is 2.35. The van der Waals surface area contributed by atoms with Gasteiger partial charge in [0.05, 0.1) is 10.4 Å². The van der Waals surface area contributed by atoms with Crippen LogP contribution in [0.25, 0.3) is 0 Å². The molecule has 116 valence electrons. The number of hydrogen-bond donors (Lipinski definition) is 1. The van der Waals surface area contributed by atoms with E-state index < -0.39 is 27.2 Å². The van der Waals surface area contributed by atoms with Gasteiger partial charge in [0.25, 0.3) is 0 Å². The van der Waals surface area contributed by atoms with Gasteiger partial charge in [-0.3, -0.25) is 4.79 Å². The molecule has 1 aliphatic heterocycles. The summed E-state index contributed by atoms with van der Waals surface area (Å²) in [7, 11) is -4.01. The summed E-state index contributed by atoms with van der Waals surface area (Å²) in [6.07, 6.45) is 0.552. The molecule has 21 heavy (non-hydrogen) atoms. The number of hydrogen-bond acceptors (Lipinski definition) is 3. The van der Waals surface area contributed by atoms with E-state index in [2.05, 4.69) is 0 Å². The molecule has 0 spiro atoms. The molecule has 8 heteroatoms. The second-order valence-electron chi connectivity index (χ2n) is 5.10. The second-order valence-corrected chi connectivity index (χ2v) is 7.42. The summed E-state index contributed by atoms with van der Waals surface area (Å²) < 4.78 is 39.4. The van der Waals surface area contributed by atoms with Crippen LogP contribution in [0.3, 0.4) is 0 Å². The van der Waals surface area contributed by atoms with Crippen molar-refractivity contribution in [3.63, 3.8) is 0 Å². The van der Waals surface area contributed by atoms with Gasteiger partial charge < -0.3 is 5.11 Å². The van der Waals surface area contributed by atoms with E-state index in [4.69, 9.17) is 11.6 Å².